The lowest BCUT2D eigenvalue weighted by Gasteiger charge is -2.44. The predicted octanol–water partition coefficient (Wildman–Crippen LogP) is 4.63. The summed E-state index contributed by atoms with van der Waals surface area (Å²) in [5, 5.41) is 3.65. The molecule has 3 N–H and O–H groups in total. The zero-order chi connectivity index (χ0) is 30.1. The van der Waals surface area contributed by atoms with Crippen LogP contribution in [0.15, 0.2) is 6.07 Å². The predicted molar refractivity (Wildman–Crippen MR) is 149 cm³/mol. The van der Waals surface area contributed by atoms with Crippen LogP contribution < -0.4 is 20.7 Å². The van der Waals surface area contributed by atoms with Gasteiger partial charge < -0.3 is 25.4 Å². The van der Waals surface area contributed by atoms with E-state index in [4.69, 9.17) is 20.2 Å². The molecule has 2 aromatic rings. The number of ether oxygens (including phenoxy) is 2. The summed E-state index contributed by atoms with van der Waals surface area (Å²) in [4.78, 5) is 13.8. The van der Waals surface area contributed by atoms with E-state index in [1.807, 2.05) is 0 Å². The Morgan fingerprint density at radius 1 is 1.16 bits per heavy atom. The number of hydrogen-bond acceptors (Lipinski definition) is 8. The second-order valence-electron chi connectivity index (χ2n) is 12.9. The van der Waals surface area contributed by atoms with E-state index in [2.05, 4.69) is 20.1 Å². The summed E-state index contributed by atoms with van der Waals surface area (Å²) >= 11 is 0. The van der Waals surface area contributed by atoms with Crippen LogP contribution in [-0.4, -0.2) is 71.4 Å². The van der Waals surface area contributed by atoms with Gasteiger partial charge in [-0.3, -0.25) is 4.90 Å². The molecule has 3 unspecified atom stereocenters. The monoisotopic (exact) mass is 608 g/mol. The smallest absolute Gasteiger partial charge is 0.417 e. The first-order valence-corrected chi connectivity index (χ1v) is 15.2. The second kappa shape index (κ2) is 10.7. The average molecular weight is 609 g/mol. The van der Waals surface area contributed by atoms with Gasteiger partial charge in [0.05, 0.1) is 35.2 Å². The molecule has 8 nitrogen and oxygen atoms in total. The standard InChI is InChI=1S/C30H37F5N6O2/c1-16-8-21(36)26(32)24(25(16)30(33,34)35)23-9-22-20(14-42-23)27(40-12-18-4-2-5-19(13-40)37-18)39-28(38-22)43-15-29-6-3-7-41(29)11-17(31)10-29/h8,17-19,23,37H,2-7,9-15,36H2,1H3/t17-,18?,19?,23?,29+/m1/s1. The van der Waals surface area contributed by atoms with Gasteiger partial charge in [-0.15, -0.1) is 0 Å². The number of nitrogens with one attached hydrogen (secondary N) is 1. The van der Waals surface area contributed by atoms with Crippen molar-refractivity contribution in [3.05, 3.63) is 39.8 Å². The maximum absolute atomic E-state index is 15.3. The van der Waals surface area contributed by atoms with Crippen LogP contribution in [0.3, 0.4) is 0 Å². The number of halogens is 5. The molecule has 4 fully saturated rings. The summed E-state index contributed by atoms with van der Waals surface area (Å²) in [6.07, 6.45) is -1.68. The molecule has 43 heavy (non-hydrogen) atoms. The van der Waals surface area contributed by atoms with Gasteiger partial charge in [-0.2, -0.15) is 23.1 Å². The van der Waals surface area contributed by atoms with Crippen molar-refractivity contribution < 1.29 is 31.4 Å². The summed E-state index contributed by atoms with van der Waals surface area (Å²) < 4.78 is 84.5. The number of nitrogen functional groups attached to an aromatic ring is 1. The Morgan fingerprint density at radius 3 is 2.67 bits per heavy atom. The highest BCUT2D eigenvalue weighted by atomic mass is 19.4. The van der Waals surface area contributed by atoms with Crippen molar-refractivity contribution in [3.8, 4) is 6.01 Å². The minimum Gasteiger partial charge on any atom is -0.461 e. The Labute approximate surface area is 247 Å². The number of nitrogens with two attached hydrogens (primary N) is 1. The number of aryl methyl sites for hydroxylation is 1. The maximum Gasteiger partial charge on any atom is 0.417 e. The molecule has 234 valence electrons. The van der Waals surface area contributed by atoms with Crippen LogP contribution in [0.1, 0.15) is 72.6 Å². The Bertz CT molecular complexity index is 1400. The van der Waals surface area contributed by atoms with Gasteiger partial charge >= 0.3 is 12.2 Å². The van der Waals surface area contributed by atoms with Crippen molar-refractivity contribution in [2.45, 2.75) is 94.6 Å². The van der Waals surface area contributed by atoms with Crippen molar-refractivity contribution in [1.29, 1.82) is 0 Å². The first-order valence-electron chi connectivity index (χ1n) is 15.2. The van der Waals surface area contributed by atoms with Crippen LogP contribution in [0.25, 0.3) is 0 Å². The molecule has 6 heterocycles. The largest absolute Gasteiger partial charge is 0.461 e. The Balaban J connectivity index is 1.25. The van der Waals surface area contributed by atoms with Crippen LogP contribution in [-0.2, 0) is 23.9 Å². The highest BCUT2D eigenvalue weighted by Crippen LogP contribution is 2.45. The van der Waals surface area contributed by atoms with Gasteiger partial charge in [0, 0.05) is 55.7 Å². The van der Waals surface area contributed by atoms with Crippen molar-refractivity contribution in [2.75, 3.05) is 43.4 Å². The molecule has 5 atom stereocenters. The highest BCUT2D eigenvalue weighted by Gasteiger charge is 2.49. The average Bonchev–Trinajstić information content (AvgIpc) is 3.47. The third-order valence-corrected chi connectivity index (χ3v) is 9.98. The van der Waals surface area contributed by atoms with Crippen LogP contribution >= 0.6 is 0 Å². The molecule has 4 saturated heterocycles. The van der Waals surface area contributed by atoms with Gasteiger partial charge in [0.2, 0.25) is 0 Å². The molecule has 5 aliphatic rings. The molecule has 0 amide bonds. The first kappa shape index (κ1) is 29.0. The fraction of sp³-hybridized carbons (Fsp3) is 0.667. The molecule has 2 bridgehead atoms. The van der Waals surface area contributed by atoms with E-state index < -0.39 is 40.9 Å². The van der Waals surface area contributed by atoms with E-state index in [1.54, 1.807) is 0 Å². The van der Waals surface area contributed by atoms with E-state index in [-0.39, 0.29) is 36.9 Å². The lowest BCUT2D eigenvalue weighted by Crippen LogP contribution is -2.59. The van der Waals surface area contributed by atoms with Gasteiger partial charge in [-0.1, -0.05) is 6.42 Å². The third-order valence-electron chi connectivity index (χ3n) is 9.98. The zero-order valence-electron chi connectivity index (χ0n) is 24.2. The lowest BCUT2D eigenvalue weighted by molar-refractivity contribution is -0.140. The molecule has 1 aromatic carbocycles. The number of alkyl halides is 4. The number of nitrogens with zero attached hydrogens (tertiary/aromatic N) is 4. The first-order chi connectivity index (χ1) is 20.5. The van der Waals surface area contributed by atoms with E-state index in [0.717, 1.165) is 44.7 Å². The van der Waals surface area contributed by atoms with Gasteiger partial charge in [0.1, 0.15) is 18.6 Å². The number of fused-ring (bicyclic) bond motifs is 4. The highest BCUT2D eigenvalue weighted by molar-refractivity contribution is 5.55. The Morgan fingerprint density at radius 2 is 1.93 bits per heavy atom. The number of rotatable bonds is 5. The van der Waals surface area contributed by atoms with Crippen molar-refractivity contribution in [1.82, 2.24) is 20.2 Å². The number of aromatic nitrogens is 2. The Hall–Kier alpha value is -2.77. The molecule has 1 aromatic heterocycles. The summed E-state index contributed by atoms with van der Waals surface area (Å²) in [6, 6.07) is 1.69. The van der Waals surface area contributed by atoms with E-state index in [0.29, 0.717) is 55.2 Å². The van der Waals surface area contributed by atoms with Gasteiger partial charge in [-0.25, -0.2) is 8.78 Å². The number of piperidine rings is 1. The number of hydrogen-bond donors (Lipinski definition) is 2. The molecule has 7 rings (SSSR count). The van der Waals surface area contributed by atoms with Gasteiger partial charge in [-0.05, 0) is 50.8 Å². The lowest BCUT2D eigenvalue weighted by atomic mass is 9.90. The minimum absolute atomic E-state index is 0.0826. The summed E-state index contributed by atoms with van der Waals surface area (Å²) in [6.45, 7) is 4.03. The molecular formula is C30H37F5N6O2. The fourth-order valence-corrected chi connectivity index (χ4v) is 8.09. The molecule has 0 radical (unpaired) electrons. The topological polar surface area (TPSA) is 88.8 Å². The normalized spacial score (nSPS) is 30.8. The summed E-state index contributed by atoms with van der Waals surface area (Å²) in [5.74, 6) is -0.498. The number of anilines is 2. The van der Waals surface area contributed by atoms with Crippen LogP contribution in [0, 0.1) is 12.7 Å². The molecule has 0 saturated carbocycles. The molecular weight excluding hydrogens is 571 g/mol. The van der Waals surface area contributed by atoms with Crippen molar-refractivity contribution >= 4 is 11.5 Å². The molecule has 0 aliphatic carbocycles. The van der Waals surface area contributed by atoms with Gasteiger partial charge in [0.25, 0.3) is 0 Å². The van der Waals surface area contributed by atoms with Crippen LogP contribution in [0.2, 0.25) is 0 Å². The fourth-order valence-electron chi connectivity index (χ4n) is 8.09. The van der Waals surface area contributed by atoms with E-state index in [1.165, 1.54) is 6.92 Å². The minimum atomic E-state index is -4.80. The van der Waals surface area contributed by atoms with Crippen LogP contribution in [0.4, 0.5) is 33.5 Å². The second-order valence-corrected chi connectivity index (χ2v) is 12.9. The SMILES string of the molecule is Cc1cc(N)c(F)c(C2Cc3nc(OC[C@@]45CCCN4C[C@H](F)C5)nc(N4CC5CCCC(C4)N5)c3CO2)c1C(F)(F)F. The zero-order valence-corrected chi connectivity index (χ0v) is 24.2. The number of piperazine rings is 1. The molecule has 5 aliphatic heterocycles. The third kappa shape index (κ3) is 5.20. The van der Waals surface area contributed by atoms with Gasteiger partial charge in [0.15, 0.2) is 5.82 Å². The Kier molecular flexibility index (Phi) is 7.20. The maximum atomic E-state index is 15.3. The van der Waals surface area contributed by atoms with Crippen LogP contribution in [0.5, 0.6) is 6.01 Å². The van der Waals surface area contributed by atoms with Crippen molar-refractivity contribution in [3.63, 3.8) is 0 Å². The van der Waals surface area contributed by atoms with Crippen molar-refractivity contribution in [2.24, 2.45) is 0 Å². The summed E-state index contributed by atoms with van der Waals surface area (Å²) in [5.41, 5.74) is 4.30. The van der Waals surface area contributed by atoms with E-state index >= 15 is 4.39 Å². The molecule has 0 spiro atoms. The number of benzene rings is 1. The summed E-state index contributed by atoms with van der Waals surface area (Å²) in [7, 11) is 0. The quantitative estimate of drug-likeness (QED) is 0.376. The molecule has 13 heteroatoms. The van der Waals surface area contributed by atoms with E-state index in [9.17, 15) is 17.6 Å².